The van der Waals surface area contributed by atoms with E-state index < -0.39 is 5.79 Å². The quantitative estimate of drug-likeness (QED) is 0.522. The Kier molecular flexibility index (Phi) is 8.96. The zero-order valence-electron chi connectivity index (χ0n) is 18.6. The van der Waals surface area contributed by atoms with E-state index in [2.05, 4.69) is 29.4 Å². The third kappa shape index (κ3) is 6.24. The van der Waals surface area contributed by atoms with E-state index in [0.717, 1.165) is 17.7 Å². The van der Waals surface area contributed by atoms with Gasteiger partial charge in [0.05, 0.1) is 24.5 Å². The summed E-state index contributed by atoms with van der Waals surface area (Å²) in [5.41, 5.74) is 2.00. The summed E-state index contributed by atoms with van der Waals surface area (Å²) < 4.78 is 20.4. The van der Waals surface area contributed by atoms with Crippen LogP contribution < -0.4 is 10.1 Å². The largest absolute Gasteiger partial charge is 0.491 e. The molecule has 172 valence electrons. The number of aryl methyl sites for hydroxylation is 1. The Balaban J connectivity index is 0.000000913. The molecule has 0 amide bonds. The molecule has 6 nitrogen and oxygen atoms in total. The summed E-state index contributed by atoms with van der Waals surface area (Å²) in [6.45, 7) is 3.31. The molecule has 8 heteroatoms. The van der Waals surface area contributed by atoms with Crippen LogP contribution in [0.2, 0.25) is 10.0 Å². The van der Waals surface area contributed by atoms with E-state index in [9.17, 15) is 0 Å². The van der Waals surface area contributed by atoms with Gasteiger partial charge in [0.1, 0.15) is 18.5 Å². The monoisotopic (exact) mass is 477 g/mol. The van der Waals surface area contributed by atoms with Gasteiger partial charge in [0.15, 0.2) is 0 Å². The molecule has 0 saturated carbocycles. The molecular formula is C24H29Cl2N3O3. The van der Waals surface area contributed by atoms with Crippen LogP contribution in [0.5, 0.6) is 5.75 Å². The fourth-order valence-corrected chi connectivity index (χ4v) is 3.94. The van der Waals surface area contributed by atoms with Crippen molar-refractivity contribution in [1.82, 2.24) is 14.9 Å². The maximum absolute atomic E-state index is 6.49. The van der Waals surface area contributed by atoms with Crippen LogP contribution in [0.25, 0.3) is 0 Å². The highest BCUT2D eigenvalue weighted by atomic mass is 35.5. The highest BCUT2D eigenvalue weighted by Crippen LogP contribution is 2.40. The van der Waals surface area contributed by atoms with Crippen LogP contribution in [0.15, 0.2) is 61.2 Å². The van der Waals surface area contributed by atoms with Gasteiger partial charge in [-0.25, -0.2) is 4.98 Å². The number of benzene rings is 2. The summed E-state index contributed by atoms with van der Waals surface area (Å²) in [6, 6.07) is 13.4. The third-order valence-electron chi connectivity index (χ3n) is 4.92. The number of imidazole rings is 1. The first-order valence-electron chi connectivity index (χ1n) is 10.5. The zero-order chi connectivity index (χ0) is 23.0. The van der Waals surface area contributed by atoms with E-state index in [4.69, 9.17) is 37.4 Å². The van der Waals surface area contributed by atoms with Crippen LogP contribution in [0.3, 0.4) is 0 Å². The van der Waals surface area contributed by atoms with Crippen molar-refractivity contribution in [3.8, 4) is 5.75 Å². The average Bonchev–Trinajstić information content (AvgIpc) is 3.44. The van der Waals surface area contributed by atoms with Crippen molar-refractivity contribution in [2.45, 2.75) is 31.8 Å². The van der Waals surface area contributed by atoms with Crippen LogP contribution in [-0.2, 0) is 28.2 Å². The van der Waals surface area contributed by atoms with Crippen molar-refractivity contribution in [2.24, 2.45) is 0 Å². The summed E-state index contributed by atoms with van der Waals surface area (Å²) in [5, 5.41) is 3.80. The highest BCUT2D eigenvalue weighted by molar-refractivity contribution is 6.35. The maximum Gasteiger partial charge on any atom is 0.215 e. The Hall–Kier alpha value is -2.09. The summed E-state index contributed by atoms with van der Waals surface area (Å²) in [4.78, 5) is 4.11. The fraction of sp³-hybridized carbons (Fsp3) is 0.375. The standard InChI is InChI=1S/C22H22Cl2N2O3.C2H7N/c1-2-16-3-6-18(7-4-16)27-12-19-13-28-22(29-19,14-26-10-9-25-15-26)20-8-5-17(23)11-21(20)24;1-3-2/h3-11,15,19H,2,12-14H2,1H3;3H,1-2H3. The molecule has 1 aliphatic heterocycles. The molecular weight excluding hydrogens is 449 g/mol. The Morgan fingerprint density at radius 1 is 1.19 bits per heavy atom. The van der Waals surface area contributed by atoms with Crippen LogP contribution in [0, 0.1) is 0 Å². The van der Waals surface area contributed by atoms with Crippen molar-refractivity contribution in [3.05, 3.63) is 82.4 Å². The lowest BCUT2D eigenvalue weighted by molar-refractivity contribution is -0.189. The number of hydrogen-bond donors (Lipinski definition) is 1. The predicted molar refractivity (Wildman–Crippen MR) is 127 cm³/mol. The minimum atomic E-state index is -1.04. The van der Waals surface area contributed by atoms with Crippen molar-refractivity contribution < 1.29 is 14.2 Å². The van der Waals surface area contributed by atoms with Gasteiger partial charge in [0.2, 0.25) is 5.79 Å². The van der Waals surface area contributed by atoms with Gasteiger partial charge in [0, 0.05) is 23.0 Å². The molecule has 2 atom stereocenters. The molecule has 0 radical (unpaired) electrons. The Morgan fingerprint density at radius 2 is 1.94 bits per heavy atom. The first-order valence-corrected chi connectivity index (χ1v) is 11.3. The SMILES string of the molecule is CCc1ccc(OCC2COC(Cn3ccnc3)(c3ccc(Cl)cc3Cl)O2)cc1.CNC. The number of ether oxygens (including phenoxy) is 3. The fourth-order valence-electron chi connectivity index (χ4n) is 3.39. The molecule has 3 aromatic rings. The smallest absolute Gasteiger partial charge is 0.215 e. The molecule has 0 spiro atoms. The van der Waals surface area contributed by atoms with Crippen molar-refractivity contribution in [1.29, 1.82) is 0 Å². The lowest BCUT2D eigenvalue weighted by Crippen LogP contribution is -2.34. The summed E-state index contributed by atoms with van der Waals surface area (Å²) in [5.74, 6) is -0.231. The Bertz CT molecular complexity index is 967. The van der Waals surface area contributed by atoms with Gasteiger partial charge in [0.25, 0.3) is 0 Å². The number of halogens is 2. The van der Waals surface area contributed by atoms with Crippen molar-refractivity contribution in [2.75, 3.05) is 27.3 Å². The molecule has 0 aliphatic carbocycles. The van der Waals surface area contributed by atoms with Gasteiger partial charge in [-0.15, -0.1) is 0 Å². The maximum atomic E-state index is 6.49. The molecule has 2 heterocycles. The van der Waals surface area contributed by atoms with E-state index in [1.54, 1.807) is 24.7 Å². The van der Waals surface area contributed by atoms with Crippen LogP contribution in [0.1, 0.15) is 18.1 Å². The van der Waals surface area contributed by atoms with Crippen LogP contribution >= 0.6 is 23.2 Å². The third-order valence-corrected chi connectivity index (χ3v) is 5.47. The second-order valence-corrected chi connectivity index (χ2v) is 8.32. The number of nitrogens with zero attached hydrogens (tertiary/aromatic N) is 2. The molecule has 1 fully saturated rings. The topological polar surface area (TPSA) is 57.5 Å². The number of aromatic nitrogens is 2. The summed E-state index contributed by atoms with van der Waals surface area (Å²) >= 11 is 12.6. The molecule has 1 saturated heterocycles. The van der Waals surface area contributed by atoms with E-state index in [0.29, 0.717) is 29.8 Å². The van der Waals surface area contributed by atoms with Gasteiger partial charge in [-0.1, -0.05) is 48.3 Å². The molecule has 4 rings (SSSR count). The van der Waals surface area contributed by atoms with Gasteiger partial charge >= 0.3 is 0 Å². The normalized spacial score (nSPS) is 20.0. The number of nitrogens with one attached hydrogen (secondary N) is 1. The number of hydrogen-bond acceptors (Lipinski definition) is 5. The second-order valence-electron chi connectivity index (χ2n) is 7.47. The van der Waals surface area contributed by atoms with E-state index >= 15 is 0 Å². The van der Waals surface area contributed by atoms with Gasteiger partial charge in [-0.05, 0) is 50.3 Å². The van der Waals surface area contributed by atoms with Crippen molar-refractivity contribution >= 4 is 23.2 Å². The lowest BCUT2D eigenvalue weighted by atomic mass is 10.1. The molecule has 2 unspecified atom stereocenters. The first-order chi connectivity index (χ1) is 15.5. The molecule has 1 aliphatic rings. The molecule has 1 aromatic heterocycles. The summed E-state index contributed by atoms with van der Waals surface area (Å²) in [7, 11) is 3.75. The van der Waals surface area contributed by atoms with E-state index in [1.165, 1.54) is 5.56 Å². The first kappa shape index (κ1) is 24.6. The zero-order valence-corrected chi connectivity index (χ0v) is 20.1. The predicted octanol–water partition coefficient (Wildman–Crippen LogP) is 4.94. The van der Waals surface area contributed by atoms with Crippen LogP contribution in [0.4, 0.5) is 0 Å². The van der Waals surface area contributed by atoms with Gasteiger partial charge < -0.3 is 24.1 Å². The van der Waals surface area contributed by atoms with E-state index in [-0.39, 0.29) is 6.10 Å². The average molecular weight is 478 g/mol. The van der Waals surface area contributed by atoms with Gasteiger partial charge in [-0.2, -0.15) is 0 Å². The highest BCUT2D eigenvalue weighted by Gasteiger charge is 2.45. The van der Waals surface area contributed by atoms with Crippen molar-refractivity contribution in [3.63, 3.8) is 0 Å². The summed E-state index contributed by atoms with van der Waals surface area (Å²) in [6.07, 6.45) is 6.05. The second kappa shape index (κ2) is 11.7. The molecule has 32 heavy (non-hydrogen) atoms. The molecule has 2 aromatic carbocycles. The van der Waals surface area contributed by atoms with Gasteiger partial charge in [-0.3, -0.25) is 0 Å². The minimum absolute atomic E-state index is 0.240. The molecule has 1 N–H and O–H groups in total. The van der Waals surface area contributed by atoms with Crippen LogP contribution in [-0.4, -0.2) is 43.0 Å². The Morgan fingerprint density at radius 3 is 2.56 bits per heavy atom. The lowest BCUT2D eigenvalue weighted by Gasteiger charge is -2.30. The van der Waals surface area contributed by atoms with E-state index in [1.807, 2.05) is 43.1 Å². The molecule has 0 bridgehead atoms. The minimum Gasteiger partial charge on any atom is -0.491 e. The number of rotatable bonds is 7. The Labute approximate surface area is 199 Å².